The Kier molecular flexibility index (Phi) is 6.24. The van der Waals surface area contributed by atoms with Crippen molar-refractivity contribution in [2.75, 3.05) is 6.61 Å². The predicted octanol–water partition coefficient (Wildman–Crippen LogP) is 3.14. The summed E-state index contributed by atoms with van der Waals surface area (Å²) in [4.78, 5) is 25.8. The average molecular weight is 521 g/mol. The number of carbonyl (C=O) groups is 2. The molecule has 1 aliphatic heterocycles. The number of aryl methyl sites for hydroxylation is 2. The quantitative estimate of drug-likeness (QED) is 0.496. The summed E-state index contributed by atoms with van der Waals surface area (Å²) in [6, 6.07) is 4.85. The lowest BCUT2D eigenvalue weighted by Gasteiger charge is -2.35. The van der Waals surface area contributed by atoms with Gasteiger partial charge in [-0.2, -0.15) is 18.3 Å². The third-order valence-electron chi connectivity index (χ3n) is 7.41. The number of alkyl halides is 3. The molecule has 0 bridgehead atoms. The molecule has 1 saturated carbocycles. The van der Waals surface area contributed by atoms with Crippen molar-refractivity contribution >= 4 is 11.8 Å². The lowest BCUT2D eigenvalue weighted by atomic mass is 9.82. The van der Waals surface area contributed by atoms with Crippen LogP contribution in [0, 0.1) is 5.92 Å². The molecule has 37 heavy (non-hydrogen) atoms. The minimum absolute atomic E-state index is 0.0622. The molecule has 5 rings (SSSR count). The number of rotatable bonds is 8. The van der Waals surface area contributed by atoms with E-state index in [9.17, 15) is 27.9 Å². The van der Waals surface area contributed by atoms with Crippen LogP contribution in [0.3, 0.4) is 0 Å². The van der Waals surface area contributed by atoms with Gasteiger partial charge in [0.1, 0.15) is 11.4 Å². The van der Waals surface area contributed by atoms with Crippen LogP contribution >= 0.6 is 0 Å². The number of halogens is 3. The first kappa shape index (κ1) is 25.6. The van der Waals surface area contributed by atoms with Crippen LogP contribution in [-0.4, -0.2) is 45.1 Å². The minimum Gasteiger partial charge on any atom is -0.484 e. The van der Waals surface area contributed by atoms with Crippen LogP contribution in [0.2, 0.25) is 0 Å². The van der Waals surface area contributed by atoms with Gasteiger partial charge in [-0.25, -0.2) is 0 Å². The first-order chi connectivity index (χ1) is 17.3. The second-order valence-electron chi connectivity index (χ2n) is 10.9. The Morgan fingerprint density at radius 1 is 1.32 bits per heavy atom. The van der Waals surface area contributed by atoms with Crippen LogP contribution in [0.4, 0.5) is 13.2 Å². The van der Waals surface area contributed by atoms with Crippen LogP contribution in [-0.2, 0) is 36.3 Å². The smallest absolute Gasteiger partial charge is 0.422 e. The molecule has 3 aliphatic rings. The molecule has 1 spiro atoms. The van der Waals surface area contributed by atoms with Crippen LogP contribution in [0.5, 0.6) is 5.75 Å². The molecule has 11 heteroatoms. The number of aromatic nitrogens is 2. The monoisotopic (exact) mass is 520 g/mol. The van der Waals surface area contributed by atoms with Gasteiger partial charge in [-0.15, -0.1) is 0 Å². The highest BCUT2D eigenvalue weighted by molar-refractivity contribution is 5.98. The molecule has 0 saturated heterocycles. The highest BCUT2D eigenvalue weighted by Crippen LogP contribution is 2.44. The van der Waals surface area contributed by atoms with E-state index in [2.05, 4.69) is 10.6 Å². The van der Waals surface area contributed by atoms with Gasteiger partial charge in [-0.3, -0.25) is 14.3 Å². The zero-order valence-corrected chi connectivity index (χ0v) is 20.9. The average Bonchev–Trinajstić information content (AvgIpc) is 3.49. The van der Waals surface area contributed by atoms with Crippen molar-refractivity contribution in [1.29, 1.82) is 0 Å². The maximum absolute atomic E-state index is 13.5. The standard InChI is InChI=1S/C26H31F3N4O4/c1-24(2,36)23(35)30-13-20-21-19(32-33(20)10-8-15-3-4-15)12-25(31-22(21)34)9-7-16-11-17(5-6-18(16)25)37-14-26(27,28)29/h5-6,11,15,36H,3-4,7-10,12-14H2,1-2H3,(H,30,35)(H,31,34)/t25-/m0/s1. The first-order valence-electron chi connectivity index (χ1n) is 12.6. The second-order valence-corrected chi connectivity index (χ2v) is 10.9. The van der Waals surface area contributed by atoms with Gasteiger partial charge in [0.2, 0.25) is 0 Å². The normalized spacial score (nSPS) is 21.0. The lowest BCUT2D eigenvalue weighted by Crippen LogP contribution is -2.50. The number of hydrogen-bond acceptors (Lipinski definition) is 5. The van der Waals surface area contributed by atoms with Gasteiger partial charge in [0.25, 0.3) is 11.8 Å². The second kappa shape index (κ2) is 9.04. The number of nitrogens with zero attached hydrogens (tertiary/aromatic N) is 2. The molecule has 1 aromatic heterocycles. The van der Waals surface area contributed by atoms with Crippen molar-refractivity contribution in [2.24, 2.45) is 5.92 Å². The molecule has 0 radical (unpaired) electrons. The van der Waals surface area contributed by atoms with E-state index in [4.69, 9.17) is 9.84 Å². The van der Waals surface area contributed by atoms with E-state index in [-0.39, 0.29) is 18.2 Å². The lowest BCUT2D eigenvalue weighted by molar-refractivity contribution is -0.153. The SMILES string of the molecule is CC(C)(O)C(=O)NCc1c2c(nn1CCC1CC1)C[C@]1(CCc3cc(OCC(F)(F)F)ccc31)NC2=O. The van der Waals surface area contributed by atoms with Crippen LogP contribution < -0.4 is 15.4 Å². The summed E-state index contributed by atoms with van der Waals surface area (Å²) in [7, 11) is 0. The number of hydrogen-bond donors (Lipinski definition) is 3. The third kappa shape index (κ3) is 5.32. The highest BCUT2D eigenvalue weighted by Gasteiger charge is 2.46. The van der Waals surface area contributed by atoms with Gasteiger partial charge in [0.05, 0.1) is 29.0 Å². The maximum atomic E-state index is 13.5. The predicted molar refractivity (Wildman–Crippen MR) is 127 cm³/mol. The van der Waals surface area contributed by atoms with Crippen LogP contribution in [0.25, 0.3) is 0 Å². The van der Waals surface area contributed by atoms with Crippen LogP contribution in [0.15, 0.2) is 18.2 Å². The fraction of sp³-hybridized carbons (Fsp3) is 0.577. The zero-order chi connectivity index (χ0) is 26.6. The summed E-state index contributed by atoms with van der Waals surface area (Å²) in [6.07, 6.45) is 0.495. The fourth-order valence-electron chi connectivity index (χ4n) is 5.30. The molecule has 1 atom stereocenters. The number of carbonyl (C=O) groups excluding carboxylic acids is 2. The number of amides is 2. The van der Waals surface area contributed by atoms with Crippen molar-refractivity contribution in [3.63, 3.8) is 0 Å². The largest absolute Gasteiger partial charge is 0.484 e. The van der Waals surface area contributed by atoms with Gasteiger partial charge in [-0.1, -0.05) is 18.9 Å². The summed E-state index contributed by atoms with van der Waals surface area (Å²) < 4.78 is 44.4. The molecule has 1 aromatic carbocycles. The van der Waals surface area contributed by atoms with E-state index in [1.165, 1.54) is 32.8 Å². The number of benzene rings is 1. The molecule has 0 unspecified atom stereocenters. The van der Waals surface area contributed by atoms with Crippen molar-refractivity contribution in [2.45, 2.75) is 82.8 Å². The van der Waals surface area contributed by atoms with Gasteiger partial charge in [0, 0.05) is 13.0 Å². The Labute approximate surface area is 212 Å². The van der Waals surface area contributed by atoms with Crippen molar-refractivity contribution in [3.05, 3.63) is 46.3 Å². The first-order valence-corrected chi connectivity index (χ1v) is 12.6. The van der Waals surface area contributed by atoms with Crippen molar-refractivity contribution in [1.82, 2.24) is 20.4 Å². The van der Waals surface area contributed by atoms with Gasteiger partial charge in [-0.05, 0) is 62.3 Å². The van der Waals surface area contributed by atoms with Crippen LogP contribution in [0.1, 0.15) is 72.4 Å². The van der Waals surface area contributed by atoms with Gasteiger partial charge >= 0.3 is 6.18 Å². The Hall–Kier alpha value is -3.08. The highest BCUT2D eigenvalue weighted by atomic mass is 19.4. The molecular weight excluding hydrogens is 489 g/mol. The van der Waals surface area contributed by atoms with E-state index in [1.54, 1.807) is 16.8 Å². The third-order valence-corrected chi connectivity index (χ3v) is 7.41. The molecule has 8 nitrogen and oxygen atoms in total. The molecule has 2 aliphatic carbocycles. The summed E-state index contributed by atoms with van der Waals surface area (Å²) in [6.45, 7) is 2.13. The van der Waals surface area contributed by atoms with E-state index >= 15 is 0 Å². The topological polar surface area (TPSA) is 105 Å². The summed E-state index contributed by atoms with van der Waals surface area (Å²) in [5.74, 6) is -0.0466. The number of fused-ring (bicyclic) bond motifs is 3. The Morgan fingerprint density at radius 3 is 2.76 bits per heavy atom. The zero-order valence-electron chi connectivity index (χ0n) is 20.9. The molecular formula is C26H31F3N4O4. The summed E-state index contributed by atoms with van der Waals surface area (Å²) >= 11 is 0. The van der Waals surface area contributed by atoms with Gasteiger partial charge in [0.15, 0.2) is 6.61 Å². The molecule has 2 heterocycles. The van der Waals surface area contributed by atoms with E-state index in [0.717, 1.165) is 17.5 Å². The number of nitrogens with one attached hydrogen (secondary N) is 2. The number of aliphatic hydroxyl groups is 1. The Bertz CT molecular complexity index is 1230. The summed E-state index contributed by atoms with van der Waals surface area (Å²) in [5.41, 5.74) is 1.12. The number of ether oxygens (including phenoxy) is 1. The summed E-state index contributed by atoms with van der Waals surface area (Å²) in [5, 5.41) is 20.7. The van der Waals surface area contributed by atoms with Crippen molar-refractivity contribution < 1.29 is 32.6 Å². The molecule has 2 aromatic rings. The molecule has 3 N–H and O–H groups in total. The fourth-order valence-corrected chi connectivity index (χ4v) is 5.30. The van der Waals surface area contributed by atoms with Crippen molar-refractivity contribution in [3.8, 4) is 5.75 Å². The van der Waals surface area contributed by atoms with E-state index in [0.29, 0.717) is 48.7 Å². The van der Waals surface area contributed by atoms with E-state index < -0.39 is 29.8 Å². The Balaban J connectivity index is 1.41. The Morgan fingerprint density at radius 2 is 2.08 bits per heavy atom. The maximum Gasteiger partial charge on any atom is 0.422 e. The molecule has 2 amide bonds. The molecule has 1 fully saturated rings. The van der Waals surface area contributed by atoms with E-state index in [1.807, 2.05) is 0 Å². The molecule has 200 valence electrons. The van der Waals surface area contributed by atoms with Gasteiger partial charge < -0.3 is 20.5 Å². The minimum atomic E-state index is -4.42.